The molecule has 3 unspecified atom stereocenters. The van der Waals surface area contributed by atoms with E-state index in [1.54, 1.807) is 31.2 Å². The van der Waals surface area contributed by atoms with E-state index in [0.717, 1.165) is 4.67 Å². The van der Waals surface area contributed by atoms with Gasteiger partial charge < -0.3 is 14.5 Å². The Bertz CT molecular complexity index is 398. The molecular weight excluding hydrogens is 241 g/mol. The van der Waals surface area contributed by atoms with Crippen LogP contribution < -0.4 is 0 Å². The number of hydrogen-bond donors (Lipinski definition) is 2. The third-order valence-corrected chi connectivity index (χ3v) is 4.46. The molecule has 0 radical (unpaired) electrons. The van der Waals surface area contributed by atoms with Crippen LogP contribution in [0.4, 0.5) is 0 Å². The van der Waals surface area contributed by atoms with Gasteiger partial charge in [-0.2, -0.15) is 0 Å². The first-order valence-corrected chi connectivity index (χ1v) is 6.78. The summed E-state index contributed by atoms with van der Waals surface area (Å²) < 4.78 is 17.3. The molecule has 0 aliphatic carbocycles. The molecule has 0 aromatic heterocycles. The van der Waals surface area contributed by atoms with Gasteiger partial charge in [0, 0.05) is 13.2 Å². The molecule has 96 valence electrons. The summed E-state index contributed by atoms with van der Waals surface area (Å²) in [6.07, 6.45) is -0.850. The molecule has 0 amide bonds. The molecule has 0 saturated carbocycles. The van der Waals surface area contributed by atoms with Crippen LogP contribution in [0.5, 0.6) is 0 Å². The summed E-state index contributed by atoms with van der Waals surface area (Å²) in [7, 11) is -1.21. The molecule has 2 N–H and O–H groups in total. The molecule has 0 saturated heterocycles. The number of benzene rings is 1. The second-order valence-corrected chi connectivity index (χ2v) is 5.82. The van der Waals surface area contributed by atoms with Gasteiger partial charge in [-0.1, -0.05) is 30.3 Å². The second kappa shape index (κ2) is 5.76. The van der Waals surface area contributed by atoms with E-state index >= 15 is 0 Å². The summed E-state index contributed by atoms with van der Waals surface area (Å²) in [5.74, 6) is 0. The van der Waals surface area contributed by atoms with Crippen LogP contribution in [0.1, 0.15) is 18.6 Å². The first-order valence-electron chi connectivity index (χ1n) is 5.25. The molecule has 6 heteroatoms. The Kier molecular flexibility index (Phi) is 4.86. The lowest BCUT2D eigenvalue weighted by molar-refractivity contribution is 0.0915. The monoisotopic (exact) mass is 259 g/mol. The Morgan fingerprint density at radius 3 is 2.35 bits per heavy atom. The predicted octanol–water partition coefficient (Wildman–Crippen LogP) is 1.79. The van der Waals surface area contributed by atoms with E-state index in [9.17, 15) is 14.6 Å². The zero-order valence-electron chi connectivity index (χ0n) is 10.1. The number of nitrogens with zero attached hydrogens (tertiary/aromatic N) is 1. The molecule has 0 aliphatic heterocycles. The maximum absolute atomic E-state index is 11.6. The molecule has 0 spiro atoms. The minimum absolute atomic E-state index is 0.534. The minimum Gasteiger partial charge on any atom is -0.387 e. The van der Waals surface area contributed by atoms with Gasteiger partial charge in [0.05, 0.1) is 6.10 Å². The SMILES string of the molecule is COP(=O)(O)N(C)C(C)C(O)c1ccccc1. The maximum Gasteiger partial charge on any atom is 0.405 e. The average Bonchev–Trinajstić information content (AvgIpc) is 2.37. The lowest BCUT2D eigenvalue weighted by Crippen LogP contribution is -2.32. The first kappa shape index (κ1) is 14.4. The van der Waals surface area contributed by atoms with Crippen LogP contribution in [-0.4, -0.2) is 34.9 Å². The van der Waals surface area contributed by atoms with Crippen molar-refractivity contribution in [3.63, 3.8) is 0 Å². The van der Waals surface area contributed by atoms with Crippen LogP contribution in [0.15, 0.2) is 30.3 Å². The average molecular weight is 259 g/mol. The zero-order chi connectivity index (χ0) is 13.1. The summed E-state index contributed by atoms with van der Waals surface area (Å²) in [6.45, 7) is 1.67. The second-order valence-electron chi connectivity index (χ2n) is 3.84. The van der Waals surface area contributed by atoms with Gasteiger partial charge in [0.15, 0.2) is 0 Å². The fourth-order valence-electron chi connectivity index (χ4n) is 1.49. The molecule has 1 aromatic carbocycles. The van der Waals surface area contributed by atoms with Crippen LogP contribution in [-0.2, 0) is 9.09 Å². The Hall–Kier alpha value is -0.710. The van der Waals surface area contributed by atoms with E-state index in [4.69, 9.17) is 0 Å². The van der Waals surface area contributed by atoms with Gasteiger partial charge in [0.2, 0.25) is 0 Å². The van der Waals surface area contributed by atoms with Gasteiger partial charge in [0.1, 0.15) is 0 Å². The highest BCUT2D eigenvalue weighted by atomic mass is 31.2. The van der Waals surface area contributed by atoms with E-state index in [1.807, 2.05) is 6.07 Å². The molecular formula is C11H18NO4P. The van der Waals surface area contributed by atoms with Gasteiger partial charge in [-0.15, -0.1) is 0 Å². The quantitative estimate of drug-likeness (QED) is 0.789. The normalized spacial score (nSPS) is 18.7. The molecule has 0 heterocycles. The van der Waals surface area contributed by atoms with Gasteiger partial charge >= 0.3 is 7.75 Å². The number of aliphatic hydroxyl groups excluding tert-OH is 1. The van der Waals surface area contributed by atoms with Crippen molar-refractivity contribution in [1.29, 1.82) is 0 Å². The summed E-state index contributed by atoms with van der Waals surface area (Å²) >= 11 is 0. The lowest BCUT2D eigenvalue weighted by Gasteiger charge is -2.30. The van der Waals surface area contributed by atoms with Crippen LogP contribution in [0.2, 0.25) is 0 Å². The van der Waals surface area contributed by atoms with Crippen molar-refractivity contribution >= 4 is 7.75 Å². The highest BCUT2D eigenvalue weighted by molar-refractivity contribution is 7.50. The van der Waals surface area contributed by atoms with Crippen LogP contribution in [0.25, 0.3) is 0 Å². The minimum atomic E-state index is -3.82. The topological polar surface area (TPSA) is 70.0 Å². The highest BCUT2D eigenvalue weighted by Gasteiger charge is 2.33. The van der Waals surface area contributed by atoms with Crippen molar-refractivity contribution < 1.29 is 19.1 Å². The lowest BCUT2D eigenvalue weighted by atomic mass is 10.0. The smallest absolute Gasteiger partial charge is 0.387 e. The first-order chi connectivity index (χ1) is 7.90. The van der Waals surface area contributed by atoms with Gasteiger partial charge in [-0.05, 0) is 19.5 Å². The van der Waals surface area contributed by atoms with Gasteiger partial charge in [-0.25, -0.2) is 9.24 Å². The molecule has 0 aliphatic rings. The Morgan fingerprint density at radius 2 is 1.88 bits per heavy atom. The Labute approximate surface area is 101 Å². The van der Waals surface area contributed by atoms with E-state index in [2.05, 4.69) is 4.52 Å². The molecule has 0 fully saturated rings. The van der Waals surface area contributed by atoms with Crippen LogP contribution in [0.3, 0.4) is 0 Å². The zero-order valence-corrected chi connectivity index (χ0v) is 11.0. The van der Waals surface area contributed by atoms with Crippen molar-refractivity contribution in [2.24, 2.45) is 0 Å². The number of likely N-dealkylation sites (N-methyl/N-ethyl adjacent to an activating group) is 1. The number of rotatable bonds is 5. The standard InChI is InChI=1S/C11H18NO4P/c1-9(12(2)17(14,15)16-3)11(13)10-7-5-4-6-8-10/h4-9,11,13H,1-3H3,(H,14,15). The Morgan fingerprint density at radius 1 is 1.35 bits per heavy atom. The predicted molar refractivity (Wildman–Crippen MR) is 65.5 cm³/mol. The number of hydrogen-bond acceptors (Lipinski definition) is 3. The summed E-state index contributed by atoms with van der Waals surface area (Å²) in [5.41, 5.74) is 0.697. The van der Waals surface area contributed by atoms with Gasteiger partial charge in [0.25, 0.3) is 0 Å². The van der Waals surface area contributed by atoms with Gasteiger partial charge in [-0.3, -0.25) is 0 Å². The van der Waals surface area contributed by atoms with Crippen molar-refractivity contribution in [2.45, 2.75) is 19.1 Å². The summed E-state index contributed by atoms with van der Waals surface area (Å²) in [4.78, 5) is 9.51. The fraction of sp³-hybridized carbons (Fsp3) is 0.455. The molecule has 5 nitrogen and oxygen atoms in total. The molecule has 0 bridgehead atoms. The molecule has 1 rings (SSSR count). The Balaban J connectivity index is 2.84. The molecule has 3 atom stereocenters. The molecule has 17 heavy (non-hydrogen) atoms. The van der Waals surface area contributed by atoms with E-state index in [-0.39, 0.29) is 0 Å². The third-order valence-electron chi connectivity index (χ3n) is 2.82. The van der Waals surface area contributed by atoms with E-state index < -0.39 is 19.9 Å². The number of aliphatic hydroxyl groups is 1. The summed E-state index contributed by atoms with van der Waals surface area (Å²) in [6, 6.07) is 8.46. The van der Waals surface area contributed by atoms with Crippen LogP contribution in [0, 0.1) is 0 Å². The van der Waals surface area contributed by atoms with Crippen LogP contribution >= 0.6 is 7.75 Å². The third kappa shape index (κ3) is 3.37. The molecule has 1 aromatic rings. The highest BCUT2D eigenvalue weighted by Crippen LogP contribution is 2.47. The van der Waals surface area contributed by atoms with Crippen molar-refractivity contribution in [3.8, 4) is 0 Å². The van der Waals surface area contributed by atoms with Crippen molar-refractivity contribution in [2.75, 3.05) is 14.2 Å². The summed E-state index contributed by atoms with van der Waals surface area (Å²) in [5, 5.41) is 10.1. The van der Waals surface area contributed by atoms with E-state index in [1.165, 1.54) is 14.2 Å². The largest absolute Gasteiger partial charge is 0.405 e. The van der Waals surface area contributed by atoms with Crippen molar-refractivity contribution in [3.05, 3.63) is 35.9 Å². The van der Waals surface area contributed by atoms with Crippen molar-refractivity contribution in [1.82, 2.24) is 4.67 Å². The van der Waals surface area contributed by atoms with E-state index in [0.29, 0.717) is 5.56 Å². The maximum atomic E-state index is 11.6. The fourth-order valence-corrected chi connectivity index (χ4v) is 2.34.